The predicted molar refractivity (Wildman–Crippen MR) is 84.0 cm³/mol. The van der Waals surface area contributed by atoms with Crippen LogP contribution in [0.5, 0.6) is 5.75 Å². The van der Waals surface area contributed by atoms with E-state index in [9.17, 15) is 9.59 Å². The number of ether oxygens (including phenoxy) is 2. The Morgan fingerprint density at radius 3 is 2.27 bits per heavy atom. The zero-order valence-corrected chi connectivity index (χ0v) is 13.9. The summed E-state index contributed by atoms with van der Waals surface area (Å²) in [4.78, 5) is 24.5. The van der Waals surface area contributed by atoms with Gasteiger partial charge in [-0.1, -0.05) is 39.0 Å². The van der Waals surface area contributed by atoms with Crippen LogP contribution < -0.4 is 4.74 Å². The molecule has 0 N–H and O–H groups in total. The predicted octanol–water partition coefficient (Wildman–Crippen LogP) is 2.97. The van der Waals surface area contributed by atoms with Crippen LogP contribution in [-0.2, 0) is 19.7 Å². The summed E-state index contributed by atoms with van der Waals surface area (Å²) in [6.07, 6.45) is 1.74. The smallest absolute Gasteiger partial charge is 0.341 e. The van der Waals surface area contributed by atoms with Gasteiger partial charge >= 0.3 is 5.97 Å². The van der Waals surface area contributed by atoms with Crippen molar-refractivity contribution in [3.8, 4) is 5.75 Å². The van der Waals surface area contributed by atoms with E-state index in [2.05, 4.69) is 0 Å². The molecule has 0 fully saturated rings. The van der Waals surface area contributed by atoms with E-state index in [1.54, 1.807) is 13.2 Å². The van der Waals surface area contributed by atoms with E-state index < -0.39 is 16.8 Å². The van der Waals surface area contributed by atoms with E-state index in [-0.39, 0.29) is 11.4 Å². The van der Waals surface area contributed by atoms with Gasteiger partial charge in [-0.25, -0.2) is 4.79 Å². The number of rotatable bonds is 3. The number of allylic oxidation sites excluding steroid dienone is 1. The fourth-order valence-electron chi connectivity index (χ4n) is 3.01. The number of esters is 1. The van der Waals surface area contributed by atoms with Crippen molar-refractivity contribution in [2.24, 2.45) is 5.41 Å². The fourth-order valence-corrected chi connectivity index (χ4v) is 3.01. The molecule has 0 aliphatic heterocycles. The molecule has 2 rings (SSSR count). The Kier molecular flexibility index (Phi) is 3.90. The molecule has 1 aromatic carbocycles. The van der Waals surface area contributed by atoms with Crippen LogP contribution in [0.2, 0.25) is 0 Å². The number of carbonyl (C=O) groups excluding carboxylic acids is 2. The number of aryl methyl sites for hydroxylation is 1. The summed E-state index contributed by atoms with van der Waals surface area (Å²) in [5.74, 6) is 0.0361. The highest BCUT2D eigenvalue weighted by Gasteiger charge is 2.54. The van der Waals surface area contributed by atoms with Crippen LogP contribution in [0, 0.1) is 12.3 Å². The van der Waals surface area contributed by atoms with Gasteiger partial charge < -0.3 is 9.47 Å². The van der Waals surface area contributed by atoms with Crippen molar-refractivity contribution in [2.45, 2.75) is 33.1 Å². The first kappa shape index (κ1) is 16.3. The number of ketones is 1. The topological polar surface area (TPSA) is 52.6 Å². The normalized spacial score (nSPS) is 23.2. The fraction of sp³-hybridized carbons (Fsp3) is 0.444. The molecule has 0 saturated heterocycles. The monoisotopic (exact) mass is 302 g/mol. The quantitative estimate of drug-likeness (QED) is 0.636. The largest absolute Gasteiger partial charge is 0.496 e. The molecule has 0 radical (unpaired) electrons. The molecule has 1 aliphatic rings. The van der Waals surface area contributed by atoms with Gasteiger partial charge in [0, 0.05) is 10.8 Å². The van der Waals surface area contributed by atoms with Gasteiger partial charge in [-0.15, -0.1) is 0 Å². The average molecular weight is 302 g/mol. The third-order valence-corrected chi connectivity index (χ3v) is 4.94. The van der Waals surface area contributed by atoms with Gasteiger partial charge in [0.05, 0.1) is 14.2 Å². The maximum atomic E-state index is 12.6. The molecule has 0 amide bonds. The van der Waals surface area contributed by atoms with E-state index >= 15 is 0 Å². The first-order valence-electron chi connectivity index (χ1n) is 7.20. The number of Topliss-reactive ketones (excluding diaryl/α,β-unsaturated/α-hetero) is 1. The summed E-state index contributed by atoms with van der Waals surface area (Å²) < 4.78 is 10.0. The van der Waals surface area contributed by atoms with Crippen molar-refractivity contribution in [1.29, 1.82) is 0 Å². The first-order valence-corrected chi connectivity index (χ1v) is 7.20. The van der Waals surface area contributed by atoms with Gasteiger partial charge in [0.25, 0.3) is 0 Å². The van der Waals surface area contributed by atoms with E-state index in [1.807, 2.05) is 45.9 Å². The Balaban J connectivity index is 2.60. The Bertz CT molecular complexity index is 670. The molecule has 4 nitrogen and oxygen atoms in total. The second-order valence-corrected chi connectivity index (χ2v) is 6.39. The van der Waals surface area contributed by atoms with Crippen molar-refractivity contribution in [3.63, 3.8) is 0 Å². The summed E-state index contributed by atoms with van der Waals surface area (Å²) in [6.45, 7) is 7.66. The maximum Gasteiger partial charge on any atom is 0.341 e. The minimum Gasteiger partial charge on any atom is -0.496 e. The SMILES string of the molecule is COC(=O)C1=C[C@](C)(c2ccc(OC)c(C)c2)C(C)(C)C1=O. The van der Waals surface area contributed by atoms with Crippen molar-refractivity contribution in [3.05, 3.63) is 41.0 Å². The third-order valence-electron chi connectivity index (χ3n) is 4.94. The second-order valence-electron chi connectivity index (χ2n) is 6.39. The zero-order chi connectivity index (χ0) is 16.7. The third kappa shape index (κ3) is 2.14. The van der Waals surface area contributed by atoms with Crippen molar-refractivity contribution >= 4 is 11.8 Å². The lowest BCUT2D eigenvalue weighted by Crippen LogP contribution is -2.39. The lowest BCUT2D eigenvalue weighted by molar-refractivity contribution is -0.138. The Morgan fingerprint density at radius 1 is 1.14 bits per heavy atom. The average Bonchev–Trinajstić information content (AvgIpc) is 2.67. The Hall–Kier alpha value is -2.10. The number of carbonyl (C=O) groups is 2. The van der Waals surface area contributed by atoms with Crippen molar-refractivity contribution < 1.29 is 19.1 Å². The summed E-state index contributed by atoms with van der Waals surface area (Å²) >= 11 is 0. The number of benzene rings is 1. The van der Waals surface area contributed by atoms with E-state index in [1.165, 1.54) is 7.11 Å². The minimum absolute atomic E-state index is 0.128. The van der Waals surface area contributed by atoms with E-state index in [4.69, 9.17) is 9.47 Å². The molecular weight excluding hydrogens is 280 g/mol. The number of hydrogen-bond donors (Lipinski definition) is 0. The van der Waals surface area contributed by atoms with Gasteiger partial charge in [0.15, 0.2) is 5.78 Å². The molecule has 118 valence electrons. The van der Waals surface area contributed by atoms with E-state index in [0.717, 1.165) is 16.9 Å². The minimum atomic E-state index is -0.725. The van der Waals surface area contributed by atoms with Crippen LogP contribution in [0.1, 0.15) is 31.9 Å². The van der Waals surface area contributed by atoms with E-state index in [0.29, 0.717) is 0 Å². The van der Waals surface area contributed by atoms with Crippen LogP contribution in [0.25, 0.3) is 0 Å². The summed E-state index contributed by atoms with van der Waals surface area (Å²) in [7, 11) is 2.92. The molecule has 0 spiro atoms. The number of hydrogen-bond acceptors (Lipinski definition) is 4. The summed E-state index contributed by atoms with van der Waals surface area (Å²) in [5, 5.41) is 0. The highest BCUT2D eigenvalue weighted by atomic mass is 16.5. The molecule has 0 bridgehead atoms. The molecule has 0 saturated carbocycles. The van der Waals surface area contributed by atoms with Gasteiger partial charge in [-0.3, -0.25) is 4.79 Å². The maximum absolute atomic E-state index is 12.6. The first-order chi connectivity index (χ1) is 10.2. The highest BCUT2D eigenvalue weighted by Crippen LogP contribution is 2.50. The van der Waals surface area contributed by atoms with Crippen LogP contribution in [-0.4, -0.2) is 26.0 Å². The van der Waals surface area contributed by atoms with Gasteiger partial charge in [0.2, 0.25) is 0 Å². The Labute approximate surface area is 131 Å². The summed E-state index contributed by atoms with van der Waals surface area (Å²) in [6, 6.07) is 5.84. The molecule has 1 aliphatic carbocycles. The lowest BCUT2D eigenvalue weighted by Gasteiger charge is -2.37. The van der Waals surface area contributed by atoms with Crippen LogP contribution in [0.4, 0.5) is 0 Å². The van der Waals surface area contributed by atoms with Gasteiger partial charge in [-0.2, -0.15) is 0 Å². The second kappa shape index (κ2) is 5.27. The van der Waals surface area contributed by atoms with Crippen LogP contribution >= 0.6 is 0 Å². The molecule has 22 heavy (non-hydrogen) atoms. The van der Waals surface area contributed by atoms with Crippen LogP contribution in [0.3, 0.4) is 0 Å². The van der Waals surface area contributed by atoms with Crippen molar-refractivity contribution in [1.82, 2.24) is 0 Å². The number of methoxy groups -OCH3 is 2. The van der Waals surface area contributed by atoms with Gasteiger partial charge in [0.1, 0.15) is 11.3 Å². The van der Waals surface area contributed by atoms with Crippen LogP contribution in [0.15, 0.2) is 29.8 Å². The highest BCUT2D eigenvalue weighted by molar-refractivity contribution is 6.22. The molecule has 0 unspecified atom stereocenters. The standard InChI is InChI=1S/C18H22O4/c1-11-9-12(7-8-14(11)21-5)18(4)10-13(16(20)22-6)15(19)17(18,2)3/h7-10H,1-6H3/t18-/m1/s1. The lowest BCUT2D eigenvalue weighted by atomic mass is 9.64. The molecule has 1 atom stereocenters. The molecule has 1 aromatic rings. The summed E-state index contributed by atoms with van der Waals surface area (Å²) in [5.41, 5.74) is 0.790. The zero-order valence-electron chi connectivity index (χ0n) is 13.9. The molecular formula is C18H22O4. The molecule has 0 heterocycles. The van der Waals surface area contributed by atoms with Crippen molar-refractivity contribution in [2.75, 3.05) is 14.2 Å². The Morgan fingerprint density at radius 2 is 1.77 bits per heavy atom. The molecule has 4 heteroatoms. The van der Waals surface area contributed by atoms with Gasteiger partial charge in [-0.05, 0) is 24.1 Å². The molecule has 0 aromatic heterocycles.